The molecule has 1 aliphatic heterocycles. The van der Waals surface area contributed by atoms with Crippen molar-refractivity contribution < 1.29 is 14.4 Å². The molecule has 1 saturated heterocycles. The van der Waals surface area contributed by atoms with E-state index in [2.05, 4.69) is 10.3 Å². The minimum absolute atomic E-state index is 0.0518. The average Bonchev–Trinajstić information content (AvgIpc) is 3.07. The van der Waals surface area contributed by atoms with E-state index in [0.717, 1.165) is 29.1 Å². The Bertz CT molecular complexity index is 635. The summed E-state index contributed by atoms with van der Waals surface area (Å²) in [5.74, 6) is 0.893. The molecule has 1 aromatic heterocycles. The Balaban J connectivity index is 1.67. The van der Waals surface area contributed by atoms with Gasteiger partial charge in [0.15, 0.2) is 11.7 Å². The predicted molar refractivity (Wildman–Crippen MR) is 84.2 cm³/mol. The monoisotopic (exact) mass is 306 g/mol. The predicted octanol–water partition coefficient (Wildman–Crippen LogP) is 1.31. The van der Waals surface area contributed by atoms with Crippen LogP contribution in [0.15, 0.2) is 18.2 Å². The lowest BCUT2D eigenvalue weighted by Gasteiger charge is -2.10. The number of carbonyl (C=O) groups is 1. The maximum atomic E-state index is 12.0. The van der Waals surface area contributed by atoms with Crippen LogP contribution in [-0.4, -0.2) is 37.1 Å². The zero-order valence-electron chi connectivity index (χ0n) is 12.1. The summed E-state index contributed by atoms with van der Waals surface area (Å²) in [6, 6.07) is 5.81. The van der Waals surface area contributed by atoms with Crippen LogP contribution in [0, 0.1) is 0 Å². The van der Waals surface area contributed by atoms with Crippen LogP contribution in [0.5, 0.6) is 5.75 Å². The Labute approximate surface area is 127 Å². The molecule has 2 aromatic rings. The Morgan fingerprint density at radius 2 is 2.24 bits per heavy atom. The third kappa shape index (κ3) is 3.51. The molecule has 0 saturated carbocycles. The van der Waals surface area contributed by atoms with Gasteiger partial charge in [0.05, 0.1) is 29.9 Å². The minimum atomic E-state index is 0.0518. The van der Waals surface area contributed by atoms with Crippen LogP contribution in [0.3, 0.4) is 0 Å². The van der Waals surface area contributed by atoms with Crippen molar-refractivity contribution in [3.8, 4) is 5.75 Å². The molecule has 3 rings (SSSR count). The van der Waals surface area contributed by atoms with Gasteiger partial charge in [-0.25, -0.2) is 4.98 Å². The number of thiazole rings is 1. The van der Waals surface area contributed by atoms with Crippen LogP contribution < -0.4 is 15.0 Å². The number of carbonyl (C=O) groups excluding carboxylic acids is 1. The fraction of sp³-hybridized carbons (Fsp3) is 0.467. The van der Waals surface area contributed by atoms with Gasteiger partial charge in [-0.1, -0.05) is 11.3 Å². The molecular formula is C15H20N3O2S+. The van der Waals surface area contributed by atoms with Gasteiger partial charge in [-0.3, -0.25) is 10.1 Å². The largest absolute Gasteiger partial charge is 0.494 e. The number of likely N-dealkylation sites (tertiary alicyclic amines) is 1. The van der Waals surface area contributed by atoms with E-state index in [1.54, 1.807) is 0 Å². The Kier molecular flexibility index (Phi) is 4.36. The highest BCUT2D eigenvalue weighted by atomic mass is 32.1. The molecule has 0 atom stereocenters. The fourth-order valence-electron chi connectivity index (χ4n) is 2.66. The zero-order valence-corrected chi connectivity index (χ0v) is 13.0. The summed E-state index contributed by atoms with van der Waals surface area (Å²) in [5.41, 5.74) is 0.896. The van der Waals surface area contributed by atoms with Gasteiger partial charge >= 0.3 is 0 Å². The number of fused-ring (bicyclic) bond motifs is 1. The first-order valence-corrected chi connectivity index (χ1v) is 8.23. The third-order valence-electron chi connectivity index (χ3n) is 3.64. The molecule has 2 heterocycles. The lowest BCUT2D eigenvalue weighted by atomic mass is 10.3. The molecule has 5 nitrogen and oxygen atoms in total. The van der Waals surface area contributed by atoms with Crippen LogP contribution in [0.1, 0.15) is 19.8 Å². The fourth-order valence-corrected chi connectivity index (χ4v) is 3.57. The molecule has 1 amide bonds. The molecule has 112 valence electrons. The summed E-state index contributed by atoms with van der Waals surface area (Å²) in [7, 11) is 0. The Morgan fingerprint density at radius 1 is 1.43 bits per heavy atom. The summed E-state index contributed by atoms with van der Waals surface area (Å²) < 4.78 is 6.51. The van der Waals surface area contributed by atoms with E-state index in [9.17, 15) is 4.79 Å². The first-order valence-electron chi connectivity index (χ1n) is 7.41. The second kappa shape index (κ2) is 6.41. The van der Waals surface area contributed by atoms with E-state index in [0.29, 0.717) is 18.3 Å². The number of aromatic nitrogens is 1. The van der Waals surface area contributed by atoms with Gasteiger partial charge in [0.1, 0.15) is 5.75 Å². The molecule has 0 aliphatic carbocycles. The molecular weight excluding hydrogens is 286 g/mol. The van der Waals surface area contributed by atoms with E-state index in [1.165, 1.54) is 29.1 Å². The van der Waals surface area contributed by atoms with E-state index in [4.69, 9.17) is 4.74 Å². The van der Waals surface area contributed by atoms with Gasteiger partial charge in [0.2, 0.25) is 0 Å². The molecule has 0 bridgehead atoms. The van der Waals surface area contributed by atoms with E-state index >= 15 is 0 Å². The normalized spacial score (nSPS) is 15.5. The molecule has 0 radical (unpaired) electrons. The number of nitrogens with zero attached hydrogens (tertiary/aromatic N) is 1. The lowest BCUT2D eigenvalue weighted by Crippen LogP contribution is -3.11. The highest BCUT2D eigenvalue weighted by Gasteiger charge is 2.19. The van der Waals surface area contributed by atoms with Crippen molar-refractivity contribution in [2.24, 2.45) is 0 Å². The van der Waals surface area contributed by atoms with Gasteiger partial charge < -0.3 is 9.64 Å². The zero-order chi connectivity index (χ0) is 14.7. The number of ether oxygens (including phenoxy) is 1. The molecule has 1 aliphatic rings. The van der Waals surface area contributed by atoms with Gasteiger partial charge in [0, 0.05) is 12.8 Å². The molecule has 1 aromatic carbocycles. The summed E-state index contributed by atoms with van der Waals surface area (Å²) in [6.45, 7) is 5.35. The maximum Gasteiger partial charge on any atom is 0.281 e. The van der Waals surface area contributed by atoms with Crippen molar-refractivity contribution in [1.29, 1.82) is 0 Å². The first-order chi connectivity index (χ1) is 10.2. The third-order valence-corrected chi connectivity index (χ3v) is 4.57. The Hall–Kier alpha value is -1.66. The SMILES string of the molecule is CCOc1ccc2nc(NC(=O)C[NH+]3CCCC3)sc2c1. The summed E-state index contributed by atoms with van der Waals surface area (Å²) in [4.78, 5) is 17.8. The van der Waals surface area contributed by atoms with Crippen LogP contribution in [-0.2, 0) is 4.79 Å². The van der Waals surface area contributed by atoms with Gasteiger partial charge in [-0.2, -0.15) is 0 Å². The number of hydrogen-bond acceptors (Lipinski definition) is 4. The van der Waals surface area contributed by atoms with Gasteiger partial charge in [-0.05, 0) is 25.1 Å². The van der Waals surface area contributed by atoms with Crippen LogP contribution in [0.25, 0.3) is 10.2 Å². The molecule has 1 fully saturated rings. The van der Waals surface area contributed by atoms with E-state index in [-0.39, 0.29) is 5.91 Å². The number of benzene rings is 1. The topological polar surface area (TPSA) is 55.7 Å². The smallest absolute Gasteiger partial charge is 0.281 e. The van der Waals surface area contributed by atoms with Crippen molar-refractivity contribution in [3.63, 3.8) is 0 Å². The second-order valence-corrected chi connectivity index (χ2v) is 6.29. The second-order valence-electron chi connectivity index (χ2n) is 5.26. The van der Waals surface area contributed by atoms with Crippen molar-refractivity contribution in [2.45, 2.75) is 19.8 Å². The van der Waals surface area contributed by atoms with E-state index in [1.807, 2.05) is 25.1 Å². The van der Waals surface area contributed by atoms with Crippen molar-refractivity contribution >= 4 is 32.6 Å². The summed E-state index contributed by atoms with van der Waals surface area (Å²) in [5, 5.41) is 3.59. The van der Waals surface area contributed by atoms with Gasteiger partial charge in [0.25, 0.3) is 5.91 Å². The molecule has 21 heavy (non-hydrogen) atoms. The van der Waals surface area contributed by atoms with Crippen molar-refractivity contribution in [1.82, 2.24) is 4.98 Å². The van der Waals surface area contributed by atoms with Crippen LogP contribution >= 0.6 is 11.3 Å². The maximum absolute atomic E-state index is 12.0. The molecule has 0 spiro atoms. The van der Waals surface area contributed by atoms with Crippen molar-refractivity contribution in [3.05, 3.63) is 18.2 Å². The highest BCUT2D eigenvalue weighted by Crippen LogP contribution is 2.29. The quantitative estimate of drug-likeness (QED) is 0.876. The number of rotatable bonds is 5. The standard InChI is InChI=1S/C15H19N3O2S/c1-2-20-11-5-6-12-13(9-11)21-15(16-12)17-14(19)10-18-7-3-4-8-18/h5-6,9H,2-4,7-8,10H2,1H3,(H,16,17,19)/p+1. The summed E-state index contributed by atoms with van der Waals surface area (Å²) >= 11 is 1.49. The number of quaternary nitrogens is 1. The highest BCUT2D eigenvalue weighted by molar-refractivity contribution is 7.22. The van der Waals surface area contributed by atoms with Crippen molar-refractivity contribution in [2.75, 3.05) is 31.6 Å². The minimum Gasteiger partial charge on any atom is -0.494 e. The van der Waals surface area contributed by atoms with E-state index < -0.39 is 0 Å². The molecule has 0 unspecified atom stereocenters. The number of nitrogens with one attached hydrogen (secondary N) is 2. The van der Waals surface area contributed by atoms with Crippen LogP contribution in [0.4, 0.5) is 5.13 Å². The molecule has 2 N–H and O–H groups in total. The van der Waals surface area contributed by atoms with Crippen LogP contribution in [0.2, 0.25) is 0 Å². The summed E-state index contributed by atoms with van der Waals surface area (Å²) in [6.07, 6.45) is 2.45. The first kappa shape index (κ1) is 14.3. The Morgan fingerprint density at radius 3 is 3.00 bits per heavy atom. The number of hydrogen-bond donors (Lipinski definition) is 2. The van der Waals surface area contributed by atoms with Gasteiger partial charge in [-0.15, -0.1) is 0 Å². The number of amides is 1. The number of anilines is 1. The lowest BCUT2D eigenvalue weighted by molar-refractivity contribution is -0.878. The molecule has 6 heteroatoms. The average molecular weight is 306 g/mol.